The molecule has 0 radical (unpaired) electrons. The second-order valence-electron chi connectivity index (χ2n) is 7.86. The molecule has 6 rings (SSSR count). The Hall–Kier alpha value is -0.610. The van der Waals surface area contributed by atoms with Crippen molar-refractivity contribution >= 4 is 5.97 Å². The van der Waals surface area contributed by atoms with Gasteiger partial charge in [-0.15, -0.1) is 0 Å². The monoisotopic (exact) mass is 278 g/mol. The molecule has 2 unspecified atom stereocenters. The van der Waals surface area contributed by atoms with E-state index in [-0.39, 0.29) is 18.2 Å². The molecule has 6 aliphatic rings. The number of rotatable bonds is 2. The second kappa shape index (κ2) is 3.25. The minimum atomic E-state index is -0.475. The van der Waals surface area contributed by atoms with Crippen molar-refractivity contribution in [3.05, 3.63) is 0 Å². The molecule has 5 saturated carbocycles. The van der Waals surface area contributed by atoms with Gasteiger partial charge in [-0.3, -0.25) is 4.79 Å². The van der Waals surface area contributed by atoms with Gasteiger partial charge in [-0.2, -0.15) is 0 Å². The van der Waals surface area contributed by atoms with E-state index in [1.165, 1.54) is 20.0 Å². The first kappa shape index (κ1) is 12.0. The third-order valence-corrected chi connectivity index (χ3v) is 7.40. The van der Waals surface area contributed by atoms with Crippen LogP contribution in [0.4, 0.5) is 0 Å². The van der Waals surface area contributed by atoms with Crippen LogP contribution in [0.1, 0.15) is 38.5 Å². The van der Waals surface area contributed by atoms with Crippen molar-refractivity contribution in [2.75, 3.05) is 13.7 Å². The summed E-state index contributed by atoms with van der Waals surface area (Å²) in [6.45, 7) is 0.0439. The summed E-state index contributed by atoms with van der Waals surface area (Å²) in [6, 6.07) is 0. The fraction of sp³-hybridized carbons (Fsp3) is 0.938. The molecule has 0 aromatic heterocycles. The maximum Gasteiger partial charge on any atom is 0.314 e. The summed E-state index contributed by atoms with van der Waals surface area (Å²) in [7, 11) is 1.50. The largest absolute Gasteiger partial charge is 0.469 e. The van der Waals surface area contributed by atoms with Crippen LogP contribution in [0.5, 0.6) is 0 Å². The molecule has 0 aromatic carbocycles. The topological polar surface area (TPSA) is 55.8 Å². The maximum atomic E-state index is 12.7. The van der Waals surface area contributed by atoms with E-state index in [4.69, 9.17) is 9.47 Å². The normalized spacial score (nSPS) is 61.1. The lowest BCUT2D eigenvalue weighted by atomic mass is 9.60. The van der Waals surface area contributed by atoms with Gasteiger partial charge in [0, 0.05) is 0 Å². The van der Waals surface area contributed by atoms with Gasteiger partial charge in [-0.05, 0) is 62.2 Å². The van der Waals surface area contributed by atoms with E-state index < -0.39 is 11.0 Å². The van der Waals surface area contributed by atoms with Crippen molar-refractivity contribution in [2.45, 2.75) is 49.7 Å². The predicted octanol–water partition coefficient (Wildman–Crippen LogP) is 1.51. The summed E-state index contributed by atoms with van der Waals surface area (Å²) in [4.78, 5) is 12.7. The molecule has 110 valence electrons. The van der Waals surface area contributed by atoms with Crippen LogP contribution < -0.4 is 0 Å². The van der Waals surface area contributed by atoms with E-state index >= 15 is 0 Å². The number of methoxy groups -OCH3 is 1. The van der Waals surface area contributed by atoms with Crippen LogP contribution in [0.3, 0.4) is 0 Å². The molecule has 6 bridgehead atoms. The van der Waals surface area contributed by atoms with Gasteiger partial charge >= 0.3 is 5.97 Å². The highest BCUT2D eigenvalue weighted by Crippen LogP contribution is 2.83. The van der Waals surface area contributed by atoms with Crippen molar-refractivity contribution in [2.24, 2.45) is 29.1 Å². The highest BCUT2D eigenvalue weighted by Gasteiger charge is 2.87. The molecule has 20 heavy (non-hydrogen) atoms. The quantitative estimate of drug-likeness (QED) is 0.778. The molecule has 5 aliphatic carbocycles. The number of aliphatic hydroxyl groups is 1. The number of hydrogen-bond acceptors (Lipinski definition) is 4. The van der Waals surface area contributed by atoms with Crippen LogP contribution >= 0.6 is 0 Å². The first-order valence-electron chi connectivity index (χ1n) is 8.02. The number of ether oxygens (including phenoxy) is 2. The van der Waals surface area contributed by atoms with Gasteiger partial charge in [0.1, 0.15) is 5.41 Å². The summed E-state index contributed by atoms with van der Waals surface area (Å²) in [6.07, 6.45) is 5.87. The highest BCUT2D eigenvalue weighted by atomic mass is 16.6. The smallest absolute Gasteiger partial charge is 0.314 e. The molecule has 5 atom stereocenters. The lowest BCUT2D eigenvalue weighted by molar-refractivity contribution is -0.180. The third kappa shape index (κ3) is 0.970. The Morgan fingerprint density at radius 2 is 2.10 bits per heavy atom. The van der Waals surface area contributed by atoms with E-state index in [2.05, 4.69) is 0 Å². The number of esters is 1. The first-order chi connectivity index (χ1) is 9.62. The number of carbonyl (C=O) groups excluding carboxylic acids is 1. The first-order valence-corrected chi connectivity index (χ1v) is 8.02. The van der Waals surface area contributed by atoms with Crippen LogP contribution in [0.25, 0.3) is 0 Å². The molecule has 4 nitrogen and oxygen atoms in total. The SMILES string of the molecule is COC(=O)[C@]12CCC[C@](CO)(C1)O[C@@]21C2CC3C(C2)C31. The van der Waals surface area contributed by atoms with Crippen molar-refractivity contribution in [3.8, 4) is 0 Å². The van der Waals surface area contributed by atoms with Crippen molar-refractivity contribution in [1.29, 1.82) is 0 Å². The predicted molar refractivity (Wildman–Crippen MR) is 69.7 cm³/mol. The minimum Gasteiger partial charge on any atom is -0.469 e. The molecular weight excluding hydrogens is 256 g/mol. The zero-order valence-corrected chi connectivity index (χ0v) is 11.9. The van der Waals surface area contributed by atoms with E-state index in [0.717, 1.165) is 31.1 Å². The Labute approximate surface area is 118 Å². The Balaban J connectivity index is 1.69. The summed E-state index contributed by atoms with van der Waals surface area (Å²) in [5.74, 6) is 2.59. The molecule has 1 aliphatic heterocycles. The third-order valence-electron chi connectivity index (χ3n) is 7.40. The van der Waals surface area contributed by atoms with Crippen molar-refractivity contribution in [1.82, 2.24) is 0 Å². The van der Waals surface area contributed by atoms with Crippen molar-refractivity contribution < 1.29 is 19.4 Å². The molecule has 1 spiro atoms. The Morgan fingerprint density at radius 1 is 1.35 bits per heavy atom. The molecule has 6 fully saturated rings. The average Bonchev–Trinajstić information content (AvgIpc) is 2.83. The molecule has 1 saturated heterocycles. The zero-order chi connectivity index (χ0) is 13.8. The summed E-state index contributed by atoms with van der Waals surface area (Å²) in [5, 5.41) is 9.90. The summed E-state index contributed by atoms with van der Waals surface area (Å²) in [5.41, 5.74) is -1.25. The summed E-state index contributed by atoms with van der Waals surface area (Å²) >= 11 is 0. The van der Waals surface area contributed by atoms with Crippen LogP contribution in [-0.2, 0) is 14.3 Å². The zero-order valence-electron chi connectivity index (χ0n) is 11.9. The van der Waals surface area contributed by atoms with Crippen LogP contribution in [0, 0.1) is 29.1 Å². The van der Waals surface area contributed by atoms with Gasteiger partial charge in [-0.1, -0.05) is 0 Å². The van der Waals surface area contributed by atoms with Gasteiger partial charge < -0.3 is 14.6 Å². The lowest BCUT2D eigenvalue weighted by Gasteiger charge is -2.42. The molecule has 4 heteroatoms. The van der Waals surface area contributed by atoms with Crippen LogP contribution in [0.15, 0.2) is 0 Å². The van der Waals surface area contributed by atoms with E-state index in [0.29, 0.717) is 18.3 Å². The van der Waals surface area contributed by atoms with Crippen LogP contribution in [-0.4, -0.2) is 36.0 Å². The molecule has 1 heterocycles. The molecular formula is C16H22O4. The van der Waals surface area contributed by atoms with E-state index in [1.807, 2.05) is 0 Å². The fourth-order valence-electron chi connectivity index (χ4n) is 6.97. The second-order valence-corrected chi connectivity index (χ2v) is 7.86. The molecule has 1 N–H and O–H groups in total. The number of aliphatic hydroxyl groups excluding tert-OH is 1. The number of hydrogen-bond donors (Lipinski definition) is 1. The Kier molecular flexibility index (Phi) is 1.95. The molecule has 0 aromatic rings. The Bertz CT molecular complexity index is 489. The average molecular weight is 278 g/mol. The van der Waals surface area contributed by atoms with Crippen LogP contribution in [0.2, 0.25) is 0 Å². The maximum absolute atomic E-state index is 12.7. The fourth-order valence-corrected chi connectivity index (χ4v) is 6.97. The lowest BCUT2D eigenvalue weighted by Crippen LogP contribution is -2.53. The van der Waals surface area contributed by atoms with E-state index in [1.54, 1.807) is 0 Å². The highest BCUT2D eigenvalue weighted by molar-refractivity contribution is 5.80. The van der Waals surface area contributed by atoms with Gasteiger partial charge in [0.05, 0.1) is 24.9 Å². The van der Waals surface area contributed by atoms with Gasteiger partial charge in [0.2, 0.25) is 0 Å². The summed E-state index contributed by atoms with van der Waals surface area (Å²) < 4.78 is 11.9. The number of carbonyl (C=O) groups is 1. The van der Waals surface area contributed by atoms with Crippen molar-refractivity contribution in [3.63, 3.8) is 0 Å². The Morgan fingerprint density at radius 3 is 2.65 bits per heavy atom. The standard InChI is InChI=1S/C16H22O4/c1-19-13(18)15-4-2-3-14(7-15,8-17)20-16(15)9-5-10-11(6-9)12(10)16/h9-12,17H,2-8H2,1H3/t9?,10?,11?,12?,14-,15+,16-/m1/s1. The van der Waals surface area contributed by atoms with Gasteiger partial charge in [0.15, 0.2) is 0 Å². The molecule has 0 amide bonds. The minimum absolute atomic E-state index is 0.0439. The van der Waals surface area contributed by atoms with Gasteiger partial charge in [0.25, 0.3) is 0 Å². The number of fused-ring (bicyclic) bond motifs is 2. The van der Waals surface area contributed by atoms with Gasteiger partial charge in [-0.25, -0.2) is 0 Å². The van der Waals surface area contributed by atoms with E-state index in [9.17, 15) is 9.90 Å².